The highest BCUT2D eigenvalue weighted by Gasteiger charge is 2.08. The van der Waals surface area contributed by atoms with Gasteiger partial charge in [0.25, 0.3) is 0 Å². The van der Waals surface area contributed by atoms with Crippen LogP contribution in [0.2, 0.25) is 0 Å². The average molecular weight is 332 g/mol. The number of nitrogens with two attached hydrogens (primary N) is 1. The fourth-order valence-electron chi connectivity index (χ4n) is 2.39. The maximum absolute atomic E-state index is 9.97. The van der Waals surface area contributed by atoms with E-state index in [2.05, 4.69) is 5.32 Å². The quantitative estimate of drug-likeness (QED) is 0.643. The molecule has 1 atom stereocenters. The first-order valence-electron chi connectivity index (χ1n) is 8.11. The van der Waals surface area contributed by atoms with Crippen LogP contribution < -0.4 is 19.5 Å². The molecule has 0 saturated heterocycles. The lowest BCUT2D eigenvalue weighted by Gasteiger charge is -2.12. The van der Waals surface area contributed by atoms with E-state index in [-0.39, 0.29) is 0 Å². The predicted molar refractivity (Wildman–Crippen MR) is 92.9 cm³/mol. The number of hydrogen-bond donors (Lipinski definition) is 2. The minimum absolute atomic E-state index is 0.302. The van der Waals surface area contributed by atoms with Crippen molar-refractivity contribution in [2.75, 3.05) is 33.9 Å². The number of aliphatic hydroxyl groups excluding tert-OH is 1. The number of hydrogen-bond acceptors (Lipinski definition) is 4. The maximum Gasteiger partial charge on any atom is 0.160 e. The first-order valence-corrected chi connectivity index (χ1v) is 8.11. The molecule has 0 radical (unpaired) electrons. The SMILES string of the molecule is COc1ccc(CC[NH2+]C[C@@H](O)COc2ccccc2)cc1OC. The molecule has 0 aliphatic heterocycles. The number of benzene rings is 2. The molecule has 2 rings (SSSR count). The highest BCUT2D eigenvalue weighted by Crippen LogP contribution is 2.27. The number of methoxy groups -OCH3 is 2. The zero-order valence-corrected chi connectivity index (χ0v) is 14.3. The Morgan fingerprint density at radius 3 is 2.46 bits per heavy atom. The van der Waals surface area contributed by atoms with E-state index in [1.54, 1.807) is 14.2 Å². The molecule has 2 aromatic carbocycles. The third-order valence-corrected chi connectivity index (χ3v) is 3.71. The standard InChI is InChI=1S/C19H25NO4/c1-22-18-9-8-15(12-19(18)23-2)10-11-20-13-16(21)14-24-17-6-4-3-5-7-17/h3-9,12,16,20-21H,10-11,13-14H2,1-2H3/p+1/t16-/m1/s1. The average Bonchev–Trinajstić information content (AvgIpc) is 2.64. The number of quaternary nitrogens is 1. The summed E-state index contributed by atoms with van der Waals surface area (Å²) in [5, 5.41) is 12.1. The fraction of sp³-hybridized carbons (Fsp3) is 0.368. The van der Waals surface area contributed by atoms with Gasteiger partial charge in [-0.3, -0.25) is 0 Å². The van der Waals surface area contributed by atoms with Gasteiger partial charge >= 0.3 is 0 Å². The number of para-hydroxylation sites is 1. The Morgan fingerprint density at radius 2 is 1.75 bits per heavy atom. The second kappa shape index (κ2) is 9.80. The van der Waals surface area contributed by atoms with Crippen molar-refractivity contribution in [2.24, 2.45) is 0 Å². The molecule has 0 spiro atoms. The van der Waals surface area contributed by atoms with E-state index in [1.165, 1.54) is 5.56 Å². The molecular weight excluding hydrogens is 306 g/mol. The van der Waals surface area contributed by atoms with Gasteiger partial charge in [0.2, 0.25) is 0 Å². The summed E-state index contributed by atoms with van der Waals surface area (Å²) < 4.78 is 16.1. The van der Waals surface area contributed by atoms with Crippen LogP contribution in [0.15, 0.2) is 48.5 Å². The van der Waals surface area contributed by atoms with Gasteiger partial charge in [-0.15, -0.1) is 0 Å². The summed E-state index contributed by atoms with van der Waals surface area (Å²) in [4.78, 5) is 0. The van der Waals surface area contributed by atoms with Crippen LogP contribution in [0.25, 0.3) is 0 Å². The Bertz CT molecular complexity index is 604. The first-order chi connectivity index (χ1) is 11.7. The van der Waals surface area contributed by atoms with E-state index in [1.807, 2.05) is 48.5 Å². The Labute approximate surface area is 143 Å². The molecule has 0 fully saturated rings. The Morgan fingerprint density at radius 1 is 1.00 bits per heavy atom. The topological polar surface area (TPSA) is 64.5 Å². The summed E-state index contributed by atoms with van der Waals surface area (Å²) in [6.45, 7) is 1.80. The van der Waals surface area contributed by atoms with Gasteiger partial charge in [-0.2, -0.15) is 0 Å². The van der Waals surface area contributed by atoms with Crippen molar-refractivity contribution in [1.82, 2.24) is 0 Å². The van der Waals surface area contributed by atoms with Crippen LogP contribution in [0.5, 0.6) is 17.2 Å². The predicted octanol–water partition coefficient (Wildman–Crippen LogP) is 1.25. The van der Waals surface area contributed by atoms with Gasteiger partial charge in [-0.25, -0.2) is 0 Å². The van der Waals surface area contributed by atoms with E-state index in [0.717, 1.165) is 30.2 Å². The molecule has 0 bridgehead atoms. The van der Waals surface area contributed by atoms with Crippen molar-refractivity contribution in [3.8, 4) is 17.2 Å². The second-order valence-electron chi connectivity index (χ2n) is 5.53. The van der Waals surface area contributed by atoms with Crippen LogP contribution >= 0.6 is 0 Å². The maximum atomic E-state index is 9.97. The van der Waals surface area contributed by atoms with Crippen LogP contribution in [0, 0.1) is 0 Å². The summed E-state index contributed by atoms with van der Waals surface area (Å²) in [5.74, 6) is 2.26. The lowest BCUT2D eigenvalue weighted by molar-refractivity contribution is -0.660. The highest BCUT2D eigenvalue weighted by molar-refractivity contribution is 5.42. The number of aliphatic hydroxyl groups is 1. The van der Waals surface area contributed by atoms with Crippen LogP contribution in [0.4, 0.5) is 0 Å². The normalized spacial score (nSPS) is 11.8. The molecule has 5 nitrogen and oxygen atoms in total. The zero-order chi connectivity index (χ0) is 17.2. The van der Waals surface area contributed by atoms with Crippen LogP contribution in [-0.4, -0.2) is 45.1 Å². The van der Waals surface area contributed by atoms with Gasteiger partial charge in [0.1, 0.15) is 25.0 Å². The number of rotatable bonds is 10. The Balaban J connectivity index is 1.67. The minimum atomic E-state index is -0.490. The second-order valence-corrected chi connectivity index (χ2v) is 5.53. The molecule has 0 saturated carbocycles. The highest BCUT2D eigenvalue weighted by atomic mass is 16.5. The Kier molecular flexibility index (Phi) is 7.39. The first kappa shape index (κ1) is 18.1. The molecule has 0 aliphatic carbocycles. The summed E-state index contributed by atoms with van der Waals surface area (Å²) in [6, 6.07) is 15.5. The molecule has 0 amide bonds. The van der Waals surface area contributed by atoms with Crippen molar-refractivity contribution < 1.29 is 24.6 Å². The monoisotopic (exact) mass is 332 g/mol. The molecule has 130 valence electrons. The lowest BCUT2D eigenvalue weighted by atomic mass is 10.1. The van der Waals surface area contributed by atoms with Crippen LogP contribution in [0.1, 0.15) is 5.56 Å². The van der Waals surface area contributed by atoms with E-state index >= 15 is 0 Å². The van der Waals surface area contributed by atoms with Crippen LogP contribution in [-0.2, 0) is 6.42 Å². The molecular formula is C19H26NO4+. The van der Waals surface area contributed by atoms with Crippen molar-refractivity contribution in [3.05, 3.63) is 54.1 Å². The van der Waals surface area contributed by atoms with Crippen molar-refractivity contribution in [3.63, 3.8) is 0 Å². The van der Waals surface area contributed by atoms with Gasteiger partial charge in [0, 0.05) is 6.42 Å². The minimum Gasteiger partial charge on any atom is -0.493 e. The Hall–Kier alpha value is -2.24. The van der Waals surface area contributed by atoms with Gasteiger partial charge in [-0.1, -0.05) is 24.3 Å². The molecule has 0 unspecified atom stereocenters. The van der Waals surface area contributed by atoms with E-state index in [9.17, 15) is 5.11 Å². The van der Waals surface area contributed by atoms with Gasteiger partial charge < -0.3 is 24.6 Å². The fourth-order valence-corrected chi connectivity index (χ4v) is 2.39. The zero-order valence-electron chi connectivity index (χ0n) is 14.3. The van der Waals surface area contributed by atoms with E-state index in [4.69, 9.17) is 14.2 Å². The molecule has 0 aliphatic rings. The van der Waals surface area contributed by atoms with E-state index in [0.29, 0.717) is 13.2 Å². The third kappa shape index (κ3) is 5.76. The van der Waals surface area contributed by atoms with Crippen LogP contribution in [0.3, 0.4) is 0 Å². The van der Waals surface area contributed by atoms with Crippen molar-refractivity contribution in [1.29, 1.82) is 0 Å². The lowest BCUT2D eigenvalue weighted by Crippen LogP contribution is -2.87. The largest absolute Gasteiger partial charge is 0.493 e. The van der Waals surface area contributed by atoms with Gasteiger partial charge in [-0.05, 0) is 29.8 Å². The summed E-state index contributed by atoms with van der Waals surface area (Å²) in [6.07, 6.45) is 0.405. The summed E-state index contributed by atoms with van der Waals surface area (Å²) in [5.41, 5.74) is 1.18. The van der Waals surface area contributed by atoms with Crippen molar-refractivity contribution >= 4 is 0 Å². The van der Waals surface area contributed by atoms with E-state index < -0.39 is 6.10 Å². The summed E-state index contributed by atoms with van der Waals surface area (Å²) in [7, 11) is 3.26. The smallest absolute Gasteiger partial charge is 0.160 e. The molecule has 0 heterocycles. The van der Waals surface area contributed by atoms with Gasteiger partial charge in [0.15, 0.2) is 11.5 Å². The molecule has 3 N–H and O–H groups in total. The summed E-state index contributed by atoms with van der Waals surface area (Å²) >= 11 is 0. The molecule has 5 heteroatoms. The molecule has 24 heavy (non-hydrogen) atoms. The third-order valence-electron chi connectivity index (χ3n) is 3.71. The molecule has 0 aromatic heterocycles. The van der Waals surface area contributed by atoms with Crippen molar-refractivity contribution in [2.45, 2.75) is 12.5 Å². The molecule has 2 aromatic rings. The van der Waals surface area contributed by atoms with Gasteiger partial charge in [0.05, 0.1) is 20.8 Å². The number of ether oxygens (including phenoxy) is 3.